The van der Waals surface area contributed by atoms with Crippen molar-refractivity contribution in [1.29, 1.82) is 0 Å². The Morgan fingerprint density at radius 2 is 2.00 bits per heavy atom. The van der Waals surface area contributed by atoms with E-state index in [1.807, 2.05) is 36.4 Å². The standard InChI is InChI=1S/C15H10BrClN2OS/c16-10-3-1-2-4-11(10)19-15(20)14-13(18)9-6-5-8(17)7-12(9)21-14/h1-7H,18H2,(H,19,20). The van der Waals surface area contributed by atoms with Crippen molar-refractivity contribution in [2.75, 3.05) is 11.1 Å². The van der Waals surface area contributed by atoms with Gasteiger partial charge in [0.15, 0.2) is 0 Å². The van der Waals surface area contributed by atoms with Gasteiger partial charge in [0, 0.05) is 19.6 Å². The van der Waals surface area contributed by atoms with Crippen molar-refractivity contribution in [2.45, 2.75) is 0 Å². The predicted molar refractivity (Wildman–Crippen MR) is 93.3 cm³/mol. The molecule has 1 aromatic heterocycles. The van der Waals surface area contributed by atoms with Crippen LogP contribution < -0.4 is 11.1 Å². The summed E-state index contributed by atoms with van der Waals surface area (Å²) in [5.41, 5.74) is 7.26. The van der Waals surface area contributed by atoms with Gasteiger partial charge in [-0.1, -0.05) is 23.7 Å². The Kier molecular flexibility index (Phi) is 3.89. The molecule has 2 aromatic carbocycles. The number of hydrogen-bond acceptors (Lipinski definition) is 3. The van der Waals surface area contributed by atoms with Crippen LogP contribution in [0.5, 0.6) is 0 Å². The maximum absolute atomic E-state index is 12.4. The largest absolute Gasteiger partial charge is 0.397 e. The topological polar surface area (TPSA) is 55.1 Å². The second-order valence-electron chi connectivity index (χ2n) is 4.42. The number of carbonyl (C=O) groups excluding carboxylic acids is 1. The number of rotatable bonds is 2. The first-order valence-electron chi connectivity index (χ1n) is 6.09. The number of hydrogen-bond donors (Lipinski definition) is 2. The lowest BCUT2D eigenvalue weighted by atomic mass is 10.2. The van der Waals surface area contributed by atoms with Gasteiger partial charge in [0.2, 0.25) is 0 Å². The number of para-hydroxylation sites is 1. The highest BCUT2D eigenvalue weighted by Crippen LogP contribution is 2.36. The van der Waals surface area contributed by atoms with Crippen LogP contribution in [0.2, 0.25) is 5.02 Å². The first kappa shape index (κ1) is 14.4. The molecule has 0 aliphatic rings. The van der Waals surface area contributed by atoms with Crippen molar-refractivity contribution in [1.82, 2.24) is 0 Å². The number of nitrogen functional groups attached to an aromatic ring is 1. The quantitative estimate of drug-likeness (QED) is 0.645. The summed E-state index contributed by atoms with van der Waals surface area (Å²) in [6, 6.07) is 12.8. The Morgan fingerprint density at radius 1 is 1.24 bits per heavy atom. The highest BCUT2D eigenvalue weighted by atomic mass is 79.9. The molecule has 0 atom stereocenters. The van der Waals surface area contributed by atoms with Crippen LogP contribution in [-0.2, 0) is 0 Å². The molecule has 0 saturated heterocycles. The molecule has 3 rings (SSSR count). The summed E-state index contributed by atoms with van der Waals surface area (Å²) in [4.78, 5) is 12.9. The van der Waals surface area contributed by atoms with Crippen molar-refractivity contribution in [3.05, 3.63) is 56.8 Å². The van der Waals surface area contributed by atoms with Gasteiger partial charge in [-0.05, 0) is 46.3 Å². The number of anilines is 2. The fourth-order valence-electron chi connectivity index (χ4n) is 2.00. The van der Waals surface area contributed by atoms with Crippen molar-refractivity contribution < 1.29 is 4.79 Å². The molecule has 0 bridgehead atoms. The molecule has 0 radical (unpaired) electrons. The average molecular weight is 382 g/mol. The normalized spacial score (nSPS) is 10.8. The third kappa shape index (κ3) is 2.77. The summed E-state index contributed by atoms with van der Waals surface area (Å²) in [6.45, 7) is 0. The first-order valence-corrected chi connectivity index (χ1v) is 8.08. The van der Waals surface area contributed by atoms with Gasteiger partial charge in [-0.3, -0.25) is 4.79 Å². The maximum atomic E-state index is 12.4. The van der Waals surface area contributed by atoms with Crippen molar-refractivity contribution in [2.24, 2.45) is 0 Å². The zero-order chi connectivity index (χ0) is 15.0. The van der Waals surface area contributed by atoms with E-state index in [-0.39, 0.29) is 5.91 Å². The van der Waals surface area contributed by atoms with E-state index in [2.05, 4.69) is 21.2 Å². The molecule has 0 aliphatic heterocycles. The van der Waals surface area contributed by atoms with Crippen LogP contribution in [0.25, 0.3) is 10.1 Å². The number of halogens is 2. The third-order valence-corrected chi connectivity index (χ3v) is 5.11. The Morgan fingerprint density at radius 3 is 2.76 bits per heavy atom. The molecule has 0 saturated carbocycles. The van der Waals surface area contributed by atoms with Crippen molar-refractivity contribution in [3.63, 3.8) is 0 Å². The molecule has 0 spiro atoms. The number of nitrogens with one attached hydrogen (secondary N) is 1. The van der Waals surface area contributed by atoms with E-state index >= 15 is 0 Å². The van der Waals surface area contributed by atoms with Gasteiger partial charge in [0.1, 0.15) is 4.88 Å². The third-order valence-electron chi connectivity index (χ3n) is 3.02. The van der Waals surface area contributed by atoms with E-state index in [0.29, 0.717) is 21.3 Å². The summed E-state index contributed by atoms with van der Waals surface area (Å²) in [5, 5.41) is 4.33. The molecule has 3 nitrogen and oxygen atoms in total. The summed E-state index contributed by atoms with van der Waals surface area (Å²) in [5.74, 6) is -0.225. The molecule has 3 aromatic rings. The van der Waals surface area contributed by atoms with Gasteiger partial charge in [0.05, 0.1) is 11.4 Å². The minimum atomic E-state index is -0.225. The average Bonchev–Trinajstić information content (AvgIpc) is 2.78. The molecule has 1 heterocycles. The predicted octanol–water partition coefficient (Wildman–Crippen LogP) is 5.15. The van der Waals surface area contributed by atoms with E-state index in [0.717, 1.165) is 14.6 Å². The van der Waals surface area contributed by atoms with Crippen LogP contribution >= 0.6 is 38.9 Å². The zero-order valence-electron chi connectivity index (χ0n) is 10.7. The van der Waals surface area contributed by atoms with E-state index < -0.39 is 0 Å². The lowest BCUT2D eigenvalue weighted by Gasteiger charge is -2.06. The Balaban J connectivity index is 1.98. The maximum Gasteiger partial charge on any atom is 0.267 e. The number of benzene rings is 2. The summed E-state index contributed by atoms with van der Waals surface area (Å²) >= 11 is 10.7. The van der Waals surface area contributed by atoms with Crippen LogP contribution in [0, 0.1) is 0 Å². The zero-order valence-corrected chi connectivity index (χ0v) is 13.8. The monoisotopic (exact) mass is 380 g/mol. The first-order chi connectivity index (χ1) is 10.1. The van der Waals surface area contributed by atoms with E-state index in [4.69, 9.17) is 17.3 Å². The van der Waals surface area contributed by atoms with Crippen LogP contribution in [0.4, 0.5) is 11.4 Å². The van der Waals surface area contributed by atoms with Gasteiger partial charge >= 0.3 is 0 Å². The molecule has 0 unspecified atom stereocenters. The SMILES string of the molecule is Nc1c(C(=O)Nc2ccccc2Br)sc2cc(Cl)ccc12. The molecule has 1 amide bonds. The van der Waals surface area contributed by atoms with Gasteiger partial charge in [-0.2, -0.15) is 0 Å². The molecule has 106 valence electrons. The molecular weight excluding hydrogens is 372 g/mol. The van der Waals surface area contributed by atoms with Crippen LogP contribution in [0.1, 0.15) is 9.67 Å². The summed E-state index contributed by atoms with van der Waals surface area (Å²) in [7, 11) is 0. The molecule has 0 fully saturated rings. The lowest BCUT2D eigenvalue weighted by Crippen LogP contribution is -2.12. The second-order valence-corrected chi connectivity index (χ2v) is 6.76. The van der Waals surface area contributed by atoms with Crippen LogP contribution in [0.3, 0.4) is 0 Å². The van der Waals surface area contributed by atoms with Crippen LogP contribution in [-0.4, -0.2) is 5.91 Å². The van der Waals surface area contributed by atoms with Crippen molar-refractivity contribution in [3.8, 4) is 0 Å². The number of thiophene rings is 1. The van der Waals surface area contributed by atoms with Gasteiger partial charge in [-0.15, -0.1) is 11.3 Å². The number of fused-ring (bicyclic) bond motifs is 1. The summed E-state index contributed by atoms with van der Waals surface area (Å²) in [6.07, 6.45) is 0. The fraction of sp³-hybridized carbons (Fsp3) is 0. The van der Waals surface area contributed by atoms with Crippen LogP contribution in [0.15, 0.2) is 46.9 Å². The van der Waals surface area contributed by atoms with E-state index in [9.17, 15) is 4.79 Å². The number of nitrogens with two attached hydrogens (primary N) is 1. The number of carbonyl (C=O) groups is 1. The molecular formula is C15H10BrClN2OS. The Labute approximate surface area is 138 Å². The molecule has 6 heteroatoms. The molecule has 21 heavy (non-hydrogen) atoms. The van der Waals surface area contributed by atoms with Gasteiger partial charge in [0.25, 0.3) is 5.91 Å². The molecule has 0 aliphatic carbocycles. The smallest absolute Gasteiger partial charge is 0.267 e. The lowest BCUT2D eigenvalue weighted by molar-refractivity contribution is 0.103. The highest BCUT2D eigenvalue weighted by Gasteiger charge is 2.17. The van der Waals surface area contributed by atoms with Gasteiger partial charge in [-0.25, -0.2) is 0 Å². The van der Waals surface area contributed by atoms with E-state index in [1.54, 1.807) is 6.07 Å². The Hall–Kier alpha value is -1.56. The van der Waals surface area contributed by atoms with Gasteiger partial charge < -0.3 is 11.1 Å². The minimum absolute atomic E-state index is 0.225. The fourth-order valence-corrected chi connectivity index (χ4v) is 3.68. The molecule has 3 N–H and O–H groups in total. The summed E-state index contributed by atoms with van der Waals surface area (Å²) < 4.78 is 1.72. The number of amides is 1. The highest BCUT2D eigenvalue weighted by molar-refractivity contribution is 9.10. The Bertz CT molecular complexity index is 847. The minimum Gasteiger partial charge on any atom is -0.397 e. The van der Waals surface area contributed by atoms with Crippen molar-refractivity contribution >= 4 is 66.2 Å². The van der Waals surface area contributed by atoms with E-state index in [1.165, 1.54) is 11.3 Å². The second kappa shape index (κ2) is 5.67.